The molecule has 158 valence electrons. The number of benzene rings is 2. The lowest BCUT2D eigenvalue weighted by Crippen LogP contribution is -2.33. The van der Waals surface area contributed by atoms with E-state index < -0.39 is 27.7 Å². The van der Waals surface area contributed by atoms with E-state index in [9.17, 15) is 26.4 Å². The van der Waals surface area contributed by atoms with Crippen LogP contribution in [0.4, 0.5) is 24.5 Å². The fraction of sp³-hybridized carbons (Fsp3) is 0.316. The number of carbonyl (C=O) groups is 1. The first kappa shape index (κ1) is 22.7. The molecular weight excluding hydrogens is 407 g/mol. The molecule has 0 aromatic heterocycles. The first-order valence-electron chi connectivity index (χ1n) is 8.70. The van der Waals surface area contributed by atoms with Crippen LogP contribution in [0.25, 0.3) is 0 Å². The van der Waals surface area contributed by atoms with Gasteiger partial charge in [-0.15, -0.1) is 0 Å². The van der Waals surface area contributed by atoms with Crippen LogP contribution in [0.1, 0.15) is 19.4 Å². The maximum atomic E-state index is 12.7. The minimum Gasteiger partial charge on any atom is -0.376 e. The quantitative estimate of drug-likeness (QED) is 0.702. The van der Waals surface area contributed by atoms with Crippen molar-refractivity contribution < 1.29 is 26.4 Å². The summed E-state index contributed by atoms with van der Waals surface area (Å²) >= 11 is 0. The molecule has 10 heteroatoms. The van der Waals surface area contributed by atoms with Crippen LogP contribution in [0.3, 0.4) is 0 Å². The summed E-state index contributed by atoms with van der Waals surface area (Å²) in [5, 5.41) is 5.18. The Hall–Kier alpha value is -2.59. The highest BCUT2D eigenvalue weighted by Gasteiger charge is 2.30. The largest absolute Gasteiger partial charge is 0.416 e. The molecule has 0 spiro atoms. The maximum Gasteiger partial charge on any atom is 0.416 e. The highest BCUT2D eigenvalue weighted by Crippen LogP contribution is 2.30. The van der Waals surface area contributed by atoms with Gasteiger partial charge < -0.3 is 10.6 Å². The van der Waals surface area contributed by atoms with E-state index in [1.807, 2.05) is 0 Å². The van der Waals surface area contributed by atoms with Crippen LogP contribution in [0.15, 0.2) is 53.4 Å². The van der Waals surface area contributed by atoms with Crippen molar-refractivity contribution in [2.75, 3.05) is 24.2 Å². The molecule has 0 saturated carbocycles. The van der Waals surface area contributed by atoms with Gasteiger partial charge in [0.1, 0.15) is 0 Å². The van der Waals surface area contributed by atoms with Crippen molar-refractivity contribution in [3.8, 4) is 0 Å². The first-order chi connectivity index (χ1) is 13.4. The zero-order valence-corrected chi connectivity index (χ0v) is 16.9. The number of nitrogens with zero attached hydrogens (tertiary/aromatic N) is 1. The predicted octanol–water partition coefficient (Wildman–Crippen LogP) is 3.78. The molecule has 0 aliphatic heterocycles. The van der Waals surface area contributed by atoms with Gasteiger partial charge in [0.05, 0.1) is 17.0 Å². The first-order valence-corrected chi connectivity index (χ1v) is 10.1. The van der Waals surface area contributed by atoms with Crippen LogP contribution in [0.5, 0.6) is 0 Å². The van der Waals surface area contributed by atoms with Gasteiger partial charge in [-0.1, -0.05) is 6.07 Å². The van der Waals surface area contributed by atoms with Crippen LogP contribution in [0.2, 0.25) is 0 Å². The van der Waals surface area contributed by atoms with Gasteiger partial charge in [-0.3, -0.25) is 4.79 Å². The van der Waals surface area contributed by atoms with Crippen LogP contribution in [-0.2, 0) is 21.0 Å². The second-order valence-electron chi connectivity index (χ2n) is 6.62. The Labute approximate surface area is 167 Å². The van der Waals surface area contributed by atoms with E-state index in [0.29, 0.717) is 5.69 Å². The second kappa shape index (κ2) is 8.83. The lowest BCUT2D eigenvalue weighted by molar-refractivity contribution is -0.137. The molecule has 0 aliphatic carbocycles. The number of hydrogen-bond acceptors (Lipinski definition) is 4. The average molecular weight is 429 g/mol. The standard InChI is InChI=1S/C19H22F3N3O3S/c1-13(2)25(3)29(27,28)17-9-7-15(8-10-17)23-12-18(26)24-16-6-4-5-14(11-16)19(20,21)22/h4-11,13,23H,12H2,1-3H3,(H,24,26). The van der Waals surface area contributed by atoms with Crippen molar-refractivity contribution in [1.82, 2.24) is 4.31 Å². The summed E-state index contributed by atoms with van der Waals surface area (Å²) in [5.74, 6) is -0.541. The number of halogens is 3. The van der Waals surface area contributed by atoms with Gasteiger partial charge in [-0.25, -0.2) is 8.42 Å². The molecule has 0 radical (unpaired) electrons. The molecule has 2 N–H and O–H groups in total. The molecule has 0 heterocycles. The molecule has 0 saturated heterocycles. The van der Waals surface area contributed by atoms with E-state index in [2.05, 4.69) is 10.6 Å². The average Bonchev–Trinajstić information content (AvgIpc) is 2.65. The van der Waals surface area contributed by atoms with E-state index in [-0.39, 0.29) is 23.2 Å². The summed E-state index contributed by atoms with van der Waals surface area (Å²) in [7, 11) is -2.12. The smallest absolute Gasteiger partial charge is 0.376 e. The number of anilines is 2. The minimum atomic E-state index is -4.50. The van der Waals surface area contributed by atoms with Crippen molar-refractivity contribution in [2.24, 2.45) is 0 Å². The molecule has 0 bridgehead atoms. The third-order valence-corrected chi connectivity index (χ3v) is 6.23. The summed E-state index contributed by atoms with van der Waals surface area (Å²) < 4.78 is 64.2. The Kier molecular flexibility index (Phi) is 6.91. The Morgan fingerprint density at radius 3 is 2.24 bits per heavy atom. The molecule has 0 atom stereocenters. The van der Waals surface area contributed by atoms with Gasteiger partial charge in [-0.2, -0.15) is 17.5 Å². The van der Waals surface area contributed by atoms with E-state index in [0.717, 1.165) is 12.1 Å². The Morgan fingerprint density at radius 2 is 1.69 bits per heavy atom. The molecule has 1 amide bonds. The number of sulfonamides is 1. The number of hydrogen-bond donors (Lipinski definition) is 2. The van der Waals surface area contributed by atoms with Crippen molar-refractivity contribution in [2.45, 2.75) is 31.0 Å². The monoisotopic (exact) mass is 429 g/mol. The fourth-order valence-electron chi connectivity index (χ4n) is 2.35. The molecule has 0 aliphatic rings. The molecule has 0 fully saturated rings. The van der Waals surface area contributed by atoms with E-state index in [1.165, 1.54) is 47.8 Å². The third kappa shape index (κ3) is 5.94. The number of rotatable bonds is 7. The van der Waals surface area contributed by atoms with Crippen LogP contribution in [-0.4, -0.2) is 38.3 Å². The Balaban J connectivity index is 1.98. The van der Waals surface area contributed by atoms with Crippen LogP contribution < -0.4 is 10.6 Å². The summed E-state index contributed by atoms with van der Waals surface area (Å²) in [4.78, 5) is 12.1. The van der Waals surface area contributed by atoms with Gasteiger partial charge in [0, 0.05) is 24.5 Å². The maximum absolute atomic E-state index is 12.7. The number of nitrogens with one attached hydrogen (secondary N) is 2. The van der Waals surface area contributed by atoms with Crippen molar-refractivity contribution in [3.63, 3.8) is 0 Å². The SMILES string of the molecule is CC(C)N(C)S(=O)(=O)c1ccc(NCC(=O)Nc2cccc(C(F)(F)F)c2)cc1. The van der Waals surface area contributed by atoms with Gasteiger partial charge >= 0.3 is 6.18 Å². The van der Waals surface area contributed by atoms with Gasteiger partial charge in [0.15, 0.2) is 0 Å². The molecule has 2 aromatic carbocycles. The summed E-state index contributed by atoms with van der Waals surface area (Å²) in [6, 6.07) is 10.00. The molecule has 2 aromatic rings. The minimum absolute atomic E-state index is 0.0322. The van der Waals surface area contributed by atoms with Gasteiger partial charge in [-0.05, 0) is 56.3 Å². The molecule has 0 unspecified atom stereocenters. The van der Waals surface area contributed by atoms with E-state index in [1.54, 1.807) is 13.8 Å². The molecular formula is C19H22F3N3O3S. The normalized spacial score (nSPS) is 12.3. The van der Waals surface area contributed by atoms with Gasteiger partial charge in [0.25, 0.3) is 0 Å². The molecule has 29 heavy (non-hydrogen) atoms. The number of carbonyl (C=O) groups excluding carboxylic acids is 1. The topological polar surface area (TPSA) is 78.5 Å². The zero-order valence-electron chi connectivity index (χ0n) is 16.1. The number of amides is 1. The van der Waals surface area contributed by atoms with E-state index >= 15 is 0 Å². The highest BCUT2D eigenvalue weighted by atomic mass is 32.2. The van der Waals surface area contributed by atoms with E-state index in [4.69, 9.17) is 0 Å². The number of alkyl halides is 3. The summed E-state index contributed by atoms with van der Waals surface area (Å²) in [6.07, 6.45) is -4.50. The highest BCUT2D eigenvalue weighted by molar-refractivity contribution is 7.89. The lowest BCUT2D eigenvalue weighted by Gasteiger charge is -2.21. The summed E-state index contributed by atoms with van der Waals surface area (Å²) in [6.45, 7) is 3.32. The third-order valence-electron chi connectivity index (χ3n) is 4.19. The van der Waals surface area contributed by atoms with Crippen molar-refractivity contribution in [1.29, 1.82) is 0 Å². The summed E-state index contributed by atoms with van der Waals surface area (Å²) in [5.41, 5.74) is -0.327. The lowest BCUT2D eigenvalue weighted by atomic mass is 10.2. The second-order valence-corrected chi connectivity index (χ2v) is 8.62. The molecule has 6 nitrogen and oxygen atoms in total. The van der Waals surface area contributed by atoms with Crippen molar-refractivity contribution in [3.05, 3.63) is 54.1 Å². The Morgan fingerprint density at radius 1 is 1.07 bits per heavy atom. The van der Waals surface area contributed by atoms with Crippen LogP contribution in [0, 0.1) is 0 Å². The zero-order chi connectivity index (χ0) is 21.8. The molecule has 2 rings (SSSR count). The predicted molar refractivity (Wildman–Crippen MR) is 105 cm³/mol. The van der Waals surface area contributed by atoms with Gasteiger partial charge in [0.2, 0.25) is 15.9 Å². The fourth-order valence-corrected chi connectivity index (χ4v) is 3.72. The Bertz CT molecular complexity index is 959. The van der Waals surface area contributed by atoms with Crippen LogP contribution >= 0.6 is 0 Å². The van der Waals surface area contributed by atoms with Crippen molar-refractivity contribution >= 4 is 27.3 Å².